The van der Waals surface area contributed by atoms with Gasteiger partial charge in [-0.25, -0.2) is 0 Å². The number of nitrogens with two attached hydrogens (primary N) is 1. The van der Waals surface area contributed by atoms with Crippen LogP contribution in [0.1, 0.15) is 11.1 Å². The Morgan fingerprint density at radius 3 is 2.33 bits per heavy atom. The van der Waals surface area contributed by atoms with Crippen molar-refractivity contribution in [1.29, 1.82) is 0 Å². The number of hydrazone groups is 1. The zero-order valence-electron chi connectivity index (χ0n) is 9.33. The second-order valence-electron chi connectivity index (χ2n) is 4.01. The van der Waals surface area contributed by atoms with Crippen molar-refractivity contribution in [3.05, 3.63) is 63.7 Å². The minimum atomic E-state index is -0.402. The summed E-state index contributed by atoms with van der Waals surface area (Å²) in [5, 5.41) is 14.6. The highest BCUT2D eigenvalue weighted by Gasteiger charge is 2.26. The van der Waals surface area contributed by atoms with Gasteiger partial charge in [0.1, 0.15) is 0 Å². The maximum absolute atomic E-state index is 10.8. The molecule has 0 bridgehead atoms. The highest BCUT2D eigenvalue weighted by atomic mass is 16.6. The molecule has 0 spiro atoms. The maximum Gasteiger partial charge on any atom is 0.270 e. The van der Waals surface area contributed by atoms with Crippen molar-refractivity contribution in [2.75, 3.05) is 0 Å². The van der Waals surface area contributed by atoms with Crippen LogP contribution in [0.2, 0.25) is 0 Å². The second-order valence-corrected chi connectivity index (χ2v) is 4.01. The standard InChI is InChI=1S/C13H9N3O2/c14-15-13-10-4-2-1-3-9(10)12-7-8(16(17)18)5-6-11(12)13/h1-7H,14H2. The Labute approximate surface area is 103 Å². The number of benzene rings is 2. The average molecular weight is 239 g/mol. The zero-order chi connectivity index (χ0) is 12.7. The maximum atomic E-state index is 10.8. The van der Waals surface area contributed by atoms with Crippen molar-refractivity contribution in [2.24, 2.45) is 10.9 Å². The van der Waals surface area contributed by atoms with E-state index in [1.807, 2.05) is 24.3 Å². The molecule has 0 atom stereocenters. The molecule has 0 aliphatic heterocycles. The lowest BCUT2D eigenvalue weighted by Gasteiger charge is -1.99. The Hall–Kier alpha value is -2.69. The second kappa shape index (κ2) is 3.66. The van der Waals surface area contributed by atoms with E-state index < -0.39 is 4.92 Å². The van der Waals surface area contributed by atoms with Crippen molar-refractivity contribution < 1.29 is 4.92 Å². The Balaban J connectivity index is 2.33. The van der Waals surface area contributed by atoms with E-state index in [-0.39, 0.29) is 5.69 Å². The smallest absolute Gasteiger partial charge is 0.270 e. The van der Waals surface area contributed by atoms with Crippen LogP contribution in [0.25, 0.3) is 11.1 Å². The first-order valence-electron chi connectivity index (χ1n) is 5.39. The number of nitro benzene ring substituents is 1. The first-order valence-corrected chi connectivity index (χ1v) is 5.39. The van der Waals surface area contributed by atoms with E-state index in [9.17, 15) is 10.1 Å². The summed E-state index contributed by atoms with van der Waals surface area (Å²) in [6.45, 7) is 0. The number of fused-ring (bicyclic) bond motifs is 3. The zero-order valence-corrected chi connectivity index (χ0v) is 9.33. The van der Waals surface area contributed by atoms with Gasteiger partial charge >= 0.3 is 0 Å². The molecule has 5 nitrogen and oxygen atoms in total. The molecule has 18 heavy (non-hydrogen) atoms. The van der Waals surface area contributed by atoms with Crippen molar-refractivity contribution in [3.8, 4) is 11.1 Å². The molecule has 2 N–H and O–H groups in total. The summed E-state index contributed by atoms with van der Waals surface area (Å²) in [4.78, 5) is 10.4. The van der Waals surface area contributed by atoms with E-state index in [1.165, 1.54) is 6.07 Å². The first-order chi connectivity index (χ1) is 8.72. The largest absolute Gasteiger partial charge is 0.323 e. The number of hydrogen-bond acceptors (Lipinski definition) is 4. The Morgan fingerprint density at radius 2 is 1.67 bits per heavy atom. The Bertz CT molecular complexity index is 692. The molecule has 2 aromatic carbocycles. The van der Waals surface area contributed by atoms with E-state index in [2.05, 4.69) is 5.10 Å². The van der Waals surface area contributed by atoms with Crippen molar-refractivity contribution in [2.45, 2.75) is 0 Å². The van der Waals surface area contributed by atoms with Gasteiger partial charge < -0.3 is 5.84 Å². The highest BCUT2D eigenvalue weighted by molar-refractivity contribution is 6.24. The van der Waals surface area contributed by atoms with Crippen molar-refractivity contribution >= 4 is 11.4 Å². The summed E-state index contributed by atoms with van der Waals surface area (Å²) in [6, 6.07) is 12.3. The van der Waals surface area contributed by atoms with E-state index in [0.717, 1.165) is 22.3 Å². The number of rotatable bonds is 1. The van der Waals surface area contributed by atoms with Crippen LogP contribution in [0, 0.1) is 10.1 Å². The van der Waals surface area contributed by atoms with Gasteiger partial charge in [-0.1, -0.05) is 24.3 Å². The lowest BCUT2D eigenvalue weighted by atomic mass is 10.1. The van der Waals surface area contributed by atoms with Crippen LogP contribution in [0.15, 0.2) is 47.6 Å². The third-order valence-corrected chi connectivity index (χ3v) is 3.07. The van der Waals surface area contributed by atoms with Gasteiger partial charge in [-0.3, -0.25) is 10.1 Å². The molecule has 0 aromatic heterocycles. The van der Waals surface area contributed by atoms with E-state index in [4.69, 9.17) is 5.84 Å². The summed E-state index contributed by atoms with van der Waals surface area (Å²) in [6.07, 6.45) is 0. The quantitative estimate of drug-likeness (QED) is 0.402. The minimum absolute atomic E-state index is 0.0711. The molecule has 0 unspecified atom stereocenters. The van der Waals surface area contributed by atoms with Gasteiger partial charge in [-0.05, 0) is 17.2 Å². The molecule has 1 aliphatic rings. The van der Waals surface area contributed by atoms with Gasteiger partial charge in [-0.2, -0.15) is 5.10 Å². The van der Waals surface area contributed by atoms with Crippen LogP contribution in [-0.2, 0) is 0 Å². The normalized spacial score (nSPS) is 14.3. The van der Waals surface area contributed by atoms with Crippen LogP contribution in [0.3, 0.4) is 0 Å². The van der Waals surface area contributed by atoms with Gasteiger partial charge in [-0.15, -0.1) is 0 Å². The predicted octanol–water partition coefficient (Wildman–Crippen LogP) is 2.29. The molecule has 0 radical (unpaired) electrons. The number of nitrogens with zero attached hydrogens (tertiary/aromatic N) is 2. The molecule has 0 saturated carbocycles. The van der Waals surface area contributed by atoms with E-state index in [0.29, 0.717) is 5.71 Å². The molecule has 3 rings (SSSR count). The lowest BCUT2D eigenvalue weighted by Crippen LogP contribution is -2.01. The van der Waals surface area contributed by atoms with Crippen LogP contribution >= 0.6 is 0 Å². The molecule has 88 valence electrons. The third kappa shape index (κ3) is 1.31. The van der Waals surface area contributed by atoms with Gasteiger partial charge in [0.15, 0.2) is 0 Å². The van der Waals surface area contributed by atoms with E-state index >= 15 is 0 Å². The number of hydrogen-bond donors (Lipinski definition) is 1. The van der Waals surface area contributed by atoms with Crippen molar-refractivity contribution in [3.63, 3.8) is 0 Å². The van der Waals surface area contributed by atoms with Crippen LogP contribution in [-0.4, -0.2) is 10.6 Å². The molecule has 0 amide bonds. The molecule has 5 heteroatoms. The molecule has 0 saturated heterocycles. The Morgan fingerprint density at radius 1 is 1.00 bits per heavy atom. The van der Waals surface area contributed by atoms with Gasteiger partial charge in [0.05, 0.1) is 10.6 Å². The van der Waals surface area contributed by atoms with Crippen LogP contribution in [0.5, 0.6) is 0 Å². The molecule has 2 aromatic rings. The molecule has 0 fully saturated rings. The van der Waals surface area contributed by atoms with Gasteiger partial charge in [0.2, 0.25) is 0 Å². The summed E-state index contributed by atoms with van der Waals surface area (Å²) >= 11 is 0. The summed E-state index contributed by atoms with van der Waals surface area (Å²) < 4.78 is 0. The van der Waals surface area contributed by atoms with Crippen molar-refractivity contribution in [1.82, 2.24) is 0 Å². The van der Waals surface area contributed by atoms with Crippen LogP contribution < -0.4 is 5.84 Å². The fraction of sp³-hybridized carbons (Fsp3) is 0. The molecule has 0 heterocycles. The molecule has 1 aliphatic carbocycles. The minimum Gasteiger partial charge on any atom is -0.323 e. The van der Waals surface area contributed by atoms with E-state index in [1.54, 1.807) is 12.1 Å². The highest BCUT2D eigenvalue weighted by Crippen LogP contribution is 2.38. The third-order valence-electron chi connectivity index (χ3n) is 3.07. The summed E-state index contributed by atoms with van der Waals surface area (Å²) in [7, 11) is 0. The molecular formula is C13H9N3O2. The summed E-state index contributed by atoms with van der Waals surface area (Å²) in [5.74, 6) is 5.42. The average Bonchev–Trinajstić information content (AvgIpc) is 2.71. The predicted molar refractivity (Wildman–Crippen MR) is 68.4 cm³/mol. The molecular weight excluding hydrogens is 230 g/mol. The topological polar surface area (TPSA) is 81.5 Å². The summed E-state index contributed by atoms with van der Waals surface area (Å²) in [5.41, 5.74) is 4.24. The number of non-ortho nitro benzene ring substituents is 1. The van der Waals surface area contributed by atoms with Crippen LogP contribution in [0.4, 0.5) is 5.69 Å². The Kier molecular flexibility index (Phi) is 2.13. The number of nitro groups is 1. The first kappa shape index (κ1) is 10.5. The fourth-order valence-electron chi connectivity index (χ4n) is 2.28. The lowest BCUT2D eigenvalue weighted by molar-refractivity contribution is -0.384. The van der Waals surface area contributed by atoms with Gasteiger partial charge in [0.25, 0.3) is 5.69 Å². The SMILES string of the molecule is NN=C1c2ccccc2-c2cc([N+](=O)[O-])ccc21. The van der Waals surface area contributed by atoms with Gasteiger partial charge in [0, 0.05) is 23.3 Å². The fourth-order valence-corrected chi connectivity index (χ4v) is 2.28. The monoisotopic (exact) mass is 239 g/mol.